The fraction of sp³-hybridized carbons (Fsp3) is 0.400. The molecule has 0 radical (unpaired) electrons. The lowest BCUT2D eigenvalue weighted by Crippen LogP contribution is -2.39. The number of fused-ring (bicyclic) bond motifs is 1. The number of nitrogens with one attached hydrogen (secondary N) is 1. The zero-order valence-electron chi connectivity index (χ0n) is 14.1. The van der Waals surface area contributed by atoms with Crippen LogP contribution in [0.1, 0.15) is 46.4 Å². The monoisotopic (exact) mass is 340 g/mol. The summed E-state index contributed by atoms with van der Waals surface area (Å²) >= 11 is 0. The topological polar surface area (TPSA) is 53.2 Å². The molecule has 130 valence electrons. The van der Waals surface area contributed by atoms with Gasteiger partial charge in [0.05, 0.1) is 0 Å². The van der Waals surface area contributed by atoms with Crippen LogP contribution in [0.15, 0.2) is 35.1 Å². The second-order valence-electron chi connectivity index (χ2n) is 6.99. The molecule has 2 aromatic rings. The Morgan fingerprint density at radius 3 is 2.80 bits per heavy atom. The van der Waals surface area contributed by atoms with Gasteiger partial charge in [-0.1, -0.05) is 12.1 Å². The van der Waals surface area contributed by atoms with E-state index in [1.54, 1.807) is 18.2 Å². The highest BCUT2D eigenvalue weighted by Crippen LogP contribution is 2.24. The molecule has 25 heavy (non-hydrogen) atoms. The van der Waals surface area contributed by atoms with Gasteiger partial charge in [-0.3, -0.25) is 9.59 Å². The molecule has 4 nitrogen and oxygen atoms in total. The number of rotatable bonds is 3. The number of aryl methyl sites for hydroxylation is 2. The van der Waals surface area contributed by atoms with Crippen LogP contribution >= 0.6 is 0 Å². The average molecular weight is 340 g/mol. The zero-order chi connectivity index (χ0) is 17.4. The number of carbonyl (C=O) groups is 1. The Kier molecular flexibility index (Phi) is 4.15. The first-order valence-corrected chi connectivity index (χ1v) is 8.92. The molecule has 1 fully saturated rings. The molecule has 2 aliphatic rings. The Labute approximate surface area is 145 Å². The zero-order valence-corrected chi connectivity index (χ0v) is 14.1. The van der Waals surface area contributed by atoms with Crippen LogP contribution in [0.2, 0.25) is 0 Å². The lowest BCUT2D eigenvalue weighted by molar-refractivity contribution is 0.0734. The first-order valence-electron chi connectivity index (χ1n) is 8.92. The summed E-state index contributed by atoms with van der Waals surface area (Å²) < 4.78 is 13.1. The molecule has 2 heterocycles. The molecule has 0 spiro atoms. The van der Waals surface area contributed by atoms with Crippen molar-refractivity contribution in [1.82, 2.24) is 9.88 Å². The lowest BCUT2D eigenvalue weighted by atomic mass is 10.0. The van der Waals surface area contributed by atoms with Crippen molar-refractivity contribution in [1.29, 1.82) is 0 Å². The molecule has 1 aromatic carbocycles. The molecule has 1 aromatic heterocycles. The molecular formula is C20H21FN2O2. The summed E-state index contributed by atoms with van der Waals surface area (Å²) in [7, 11) is 0. The number of hydrogen-bond acceptors (Lipinski definition) is 2. The number of amides is 1. The van der Waals surface area contributed by atoms with E-state index in [9.17, 15) is 14.0 Å². The van der Waals surface area contributed by atoms with Gasteiger partial charge in [0.15, 0.2) is 0 Å². The van der Waals surface area contributed by atoms with Crippen molar-refractivity contribution in [2.24, 2.45) is 0 Å². The first-order chi connectivity index (χ1) is 12.1. The minimum Gasteiger partial charge on any atom is -0.335 e. The van der Waals surface area contributed by atoms with Gasteiger partial charge in [-0.15, -0.1) is 0 Å². The van der Waals surface area contributed by atoms with Gasteiger partial charge in [0.25, 0.3) is 11.5 Å². The van der Waals surface area contributed by atoms with Gasteiger partial charge >= 0.3 is 0 Å². The fourth-order valence-electron chi connectivity index (χ4n) is 4.03. The number of pyridine rings is 1. The number of H-pyrrole nitrogens is 1. The van der Waals surface area contributed by atoms with Crippen LogP contribution in [0.4, 0.5) is 4.39 Å². The number of halogens is 1. The van der Waals surface area contributed by atoms with E-state index in [2.05, 4.69) is 4.98 Å². The van der Waals surface area contributed by atoms with E-state index in [1.165, 1.54) is 12.1 Å². The van der Waals surface area contributed by atoms with Gasteiger partial charge in [0.1, 0.15) is 11.4 Å². The number of carbonyl (C=O) groups excluding carboxylic acids is 1. The smallest absolute Gasteiger partial charge is 0.261 e. The van der Waals surface area contributed by atoms with Crippen LogP contribution in [0.25, 0.3) is 0 Å². The standard InChI is InChI=1S/C20H21FN2O2/c21-15-8-6-13(7-9-15)11-16-4-2-10-23(16)20(25)17-12-14-3-1-5-18(14)22-19(17)24/h6-9,12,16H,1-5,10-11H2,(H,22,24)/t16-/m1/s1. The maximum Gasteiger partial charge on any atom is 0.261 e. The van der Waals surface area contributed by atoms with Crippen LogP contribution in [-0.2, 0) is 19.3 Å². The second kappa shape index (κ2) is 6.47. The molecule has 1 N–H and O–H groups in total. The third-order valence-electron chi connectivity index (χ3n) is 5.34. The van der Waals surface area contributed by atoms with Crippen LogP contribution < -0.4 is 5.56 Å². The highest BCUT2D eigenvalue weighted by molar-refractivity contribution is 5.94. The molecule has 0 unspecified atom stereocenters. The van der Waals surface area contributed by atoms with E-state index in [0.717, 1.165) is 48.9 Å². The van der Waals surface area contributed by atoms with Crippen molar-refractivity contribution in [3.05, 3.63) is 68.9 Å². The van der Waals surface area contributed by atoms with Gasteiger partial charge in [-0.2, -0.15) is 0 Å². The molecule has 1 atom stereocenters. The predicted octanol–water partition coefficient (Wildman–Crippen LogP) is 2.85. The minimum absolute atomic E-state index is 0.0608. The number of hydrogen-bond donors (Lipinski definition) is 1. The molecule has 1 amide bonds. The lowest BCUT2D eigenvalue weighted by Gasteiger charge is -2.25. The SMILES string of the molecule is O=C(c1cc2c([nH]c1=O)CCC2)N1CCC[C@@H]1Cc1ccc(F)cc1. The summed E-state index contributed by atoms with van der Waals surface area (Å²) in [6, 6.07) is 8.27. The Morgan fingerprint density at radius 2 is 2.00 bits per heavy atom. The fourth-order valence-corrected chi connectivity index (χ4v) is 4.03. The summed E-state index contributed by atoms with van der Waals surface area (Å²) in [6.07, 6.45) is 5.36. The van der Waals surface area contributed by atoms with Crippen molar-refractivity contribution in [3.63, 3.8) is 0 Å². The number of aromatic nitrogens is 1. The third kappa shape index (κ3) is 3.11. The maximum atomic E-state index is 13.1. The van der Waals surface area contributed by atoms with Gasteiger partial charge in [0.2, 0.25) is 0 Å². The van der Waals surface area contributed by atoms with E-state index < -0.39 is 0 Å². The van der Waals surface area contributed by atoms with Gasteiger partial charge < -0.3 is 9.88 Å². The largest absolute Gasteiger partial charge is 0.335 e. The summed E-state index contributed by atoms with van der Waals surface area (Å²) in [5, 5.41) is 0. The van der Waals surface area contributed by atoms with E-state index >= 15 is 0 Å². The van der Waals surface area contributed by atoms with E-state index in [-0.39, 0.29) is 28.9 Å². The van der Waals surface area contributed by atoms with Crippen LogP contribution in [0, 0.1) is 5.82 Å². The average Bonchev–Trinajstić information content (AvgIpc) is 3.24. The number of benzene rings is 1. The van der Waals surface area contributed by atoms with Crippen molar-refractivity contribution in [2.45, 2.75) is 44.6 Å². The summed E-state index contributed by atoms with van der Waals surface area (Å²) in [5.41, 5.74) is 3.06. The highest BCUT2D eigenvalue weighted by atomic mass is 19.1. The van der Waals surface area contributed by atoms with Crippen LogP contribution in [-0.4, -0.2) is 28.4 Å². The Hall–Kier alpha value is -2.43. The highest BCUT2D eigenvalue weighted by Gasteiger charge is 2.31. The third-order valence-corrected chi connectivity index (χ3v) is 5.34. The van der Waals surface area contributed by atoms with Crippen LogP contribution in [0.3, 0.4) is 0 Å². The minimum atomic E-state index is -0.280. The number of nitrogens with zero attached hydrogens (tertiary/aromatic N) is 1. The number of likely N-dealkylation sites (tertiary alicyclic amines) is 1. The molecule has 1 aliphatic carbocycles. The predicted molar refractivity (Wildman–Crippen MR) is 93.3 cm³/mol. The summed E-state index contributed by atoms with van der Waals surface area (Å²) in [4.78, 5) is 30.0. The Balaban J connectivity index is 1.57. The molecule has 1 aliphatic heterocycles. The molecule has 0 bridgehead atoms. The molecule has 1 saturated heterocycles. The summed E-state index contributed by atoms with van der Waals surface area (Å²) in [6.45, 7) is 0.668. The van der Waals surface area contributed by atoms with Gasteiger partial charge in [-0.05, 0) is 67.9 Å². The maximum absolute atomic E-state index is 13.1. The van der Waals surface area contributed by atoms with Crippen molar-refractivity contribution in [2.75, 3.05) is 6.54 Å². The molecular weight excluding hydrogens is 319 g/mol. The van der Waals surface area contributed by atoms with Crippen molar-refractivity contribution in [3.8, 4) is 0 Å². The van der Waals surface area contributed by atoms with Gasteiger partial charge in [0, 0.05) is 18.3 Å². The molecule has 5 heteroatoms. The van der Waals surface area contributed by atoms with Crippen LogP contribution in [0.5, 0.6) is 0 Å². The van der Waals surface area contributed by atoms with E-state index in [4.69, 9.17) is 0 Å². The summed E-state index contributed by atoms with van der Waals surface area (Å²) in [5.74, 6) is -0.437. The second-order valence-corrected chi connectivity index (χ2v) is 6.99. The Bertz CT molecular complexity index is 857. The molecule has 0 saturated carbocycles. The van der Waals surface area contributed by atoms with Crippen molar-refractivity contribution < 1.29 is 9.18 Å². The van der Waals surface area contributed by atoms with E-state index in [1.807, 2.05) is 4.90 Å². The Morgan fingerprint density at radius 1 is 1.20 bits per heavy atom. The normalized spacial score (nSPS) is 19.2. The molecule has 4 rings (SSSR count). The van der Waals surface area contributed by atoms with E-state index in [0.29, 0.717) is 13.0 Å². The number of aromatic amines is 1. The quantitative estimate of drug-likeness (QED) is 0.934. The van der Waals surface area contributed by atoms with Gasteiger partial charge in [-0.25, -0.2) is 4.39 Å². The first kappa shape index (κ1) is 16.1. The van der Waals surface area contributed by atoms with Crippen molar-refractivity contribution >= 4 is 5.91 Å².